The van der Waals surface area contributed by atoms with Gasteiger partial charge in [-0.15, -0.1) is 0 Å². The number of carboxylic acids is 1. The Kier molecular flexibility index (Phi) is 3.80. The van der Waals surface area contributed by atoms with Crippen molar-refractivity contribution in [3.05, 3.63) is 35.9 Å². The Bertz CT molecular complexity index is 428. The first-order chi connectivity index (χ1) is 8.67. The molecule has 0 amide bonds. The van der Waals surface area contributed by atoms with Crippen LogP contribution in [0.1, 0.15) is 44.1 Å². The average molecular weight is 246 g/mol. The number of hydrogen-bond donors (Lipinski definition) is 1. The van der Waals surface area contributed by atoms with Crippen LogP contribution < -0.4 is 0 Å². The molecule has 1 aliphatic rings. The van der Waals surface area contributed by atoms with Gasteiger partial charge in [0, 0.05) is 0 Å². The summed E-state index contributed by atoms with van der Waals surface area (Å²) in [6.45, 7) is 0. The van der Waals surface area contributed by atoms with Crippen LogP contribution in [0.25, 0.3) is 0 Å². The van der Waals surface area contributed by atoms with Gasteiger partial charge in [0.2, 0.25) is 5.78 Å². The van der Waals surface area contributed by atoms with E-state index in [1.165, 1.54) is 0 Å². The lowest BCUT2D eigenvalue weighted by atomic mass is 9.71. The number of carbonyl (C=O) groups is 2. The van der Waals surface area contributed by atoms with Crippen LogP contribution in [0.4, 0.5) is 0 Å². The van der Waals surface area contributed by atoms with Gasteiger partial charge in [0.15, 0.2) is 0 Å². The lowest BCUT2D eigenvalue weighted by Crippen LogP contribution is -2.40. The SMILES string of the molecule is O=C(O)C(=O)C1(c2ccccc2)CCCCCC1. The maximum absolute atomic E-state index is 12.2. The second kappa shape index (κ2) is 5.34. The minimum atomic E-state index is -1.30. The van der Waals surface area contributed by atoms with Crippen LogP contribution in [0.5, 0.6) is 0 Å². The van der Waals surface area contributed by atoms with Gasteiger partial charge in [-0.25, -0.2) is 4.79 Å². The monoisotopic (exact) mass is 246 g/mol. The molecule has 0 aliphatic heterocycles. The molecule has 0 bridgehead atoms. The number of ketones is 1. The van der Waals surface area contributed by atoms with Crippen LogP contribution in [0, 0.1) is 0 Å². The first-order valence-corrected chi connectivity index (χ1v) is 6.50. The Morgan fingerprint density at radius 1 is 0.944 bits per heavy atom. The number of carboxylic acid groups (broad SMARTS) is 1. The third-order valence-corrected chi connectivity index (χ3v) is 3.91. The highest BCUT2D eigenvalue weighted by Crippen LogP contribution is 2.39. The molecule has 3 heteroatoms. The van der Waals surface area contributed by atoms with Gasteiger partial charge in [-0.3, -0.25) is 4.79 Å². The van der Waals surface area contributed by atoms with Crippen LogP contribution in [-0.2, 0) is 15.0 Å². The van der Waals surface area contributed by atoms with Crippen molar-refractivity contribution >= 4 is 11.8 Å². The fourth-order valence-electron chi connectivity index (χ4n) is 2.94. The molecule has 0 atom stereocenters. The molecular weight excluding hydrogens is 228 g/mol. The van der Waals surface area contributed by atoms with Crippen molar-refractivity contribution in [3.8, 4) is 0 Å². The van der Waals surface area contributed by atoms with E-state index in [0.29, 0.717) is 12.8 Å². The number of rotatable bonds is 3. The molecule has 1 aliphatic carbocycles. The number of Topliss-reactive ketones (excluding diaryl/α,β-unsaturated/α-hetero) is 1. The summed E-state index contributed by atoms with van der Waals surface area (Å²) in [4.78, 5) is 23.3. The van der Waals surface area contributed by atoms with Crippen molar-refractivity contribution < 1.29 is 14.7 Å². The summed E-state index contributed by atoms with van der Waals surface area (Å²) >= 11 is 0. The van der Waals surface area contributed by atoms with E-state index >= 15 is 0 Å². The fourth-order valence-corrected chi connectivity index (χ4v) is 2.94. The molecule has 1 aromatic rings. The Morgan fingerprint density at radius 2 is 1.50 bits per heavy atom. The highest BCUT2D eigenvalue weighted by atomic mass is 16.4. The van der Waals surface area contributed by atoms with E-state index < -0.39 is 17.2 Å². The van der Waals surface area contributed by atoms with Crippen LogP contribution >= 0.6 is 0 Å². The minimum absolute atomic E-state index is 0.643. The molecular formula is C15H18O3. The summed E-state index contributed by atoms with van der Waals surface area (Å²) in [7, 11) is 0. The van der Waals surface area contributed by atoms with E-state index in [1.54, 1.807) is 0 Å². The molecule has 0 saturated heterocycles. The lowest BCUT2D eigenvalue weighted by molar-refractivity contribution is -0.152. The number of aliphatic carboxylic acids is 1. The van der Waals surface area contributed by atoms with Crippen molar-refractivity contribution in [2.45, 2.75) is 43.9 Å². The zero-order chi connectivity index (χ0) is 13.0. The van der Waals surface area contributed by atoms with Crippen LogP contribution in [-0.4, -0.2) is 16.9 Å². The summed E-state index contributed by atoms with van der Waals surface area (Å²) in [5, 5.41) is 9.10. The molecule has 1 aromatic carbocycles. The molecule has 0 heterocycles. The maximum Gasteiger partial charge on any atom is 0.373 e. The molecule has 18 heavy (non-hydrogen) atoms. The smallest absolute Gasteiger partial charge is 0.373 e. The molecule has 3 nitrogen and oxygen atoms in total. The van der Waals surface area contributed by atoms with Crippen LogP contribution in [0.3, 0.4) is 0 Å². The molecule has 1 N–H and O–H groups in total. The van der Waals surface area contributed by atoms with Gasteiger partial charge in [0.1, 0.15) is 0 Å². The Labute approximate surface area is 107 Å². The van der Waals surface area contributed by atoms with Gasteiger partial charge >= 0.3 is 5.97 Å². The summed E-state index contributed by atoms with van der Waals surface area (Å²) in [5.41, 5.74) is 0.0585. The zero-order valence-electron chi connectivity index (χ0n) is 10.4. The Hall–Kier alpha value is -1.64. The fraction of sp³-hybridized carbons (Fsp3) is 0.467. The minimum Gasteiger partial charge on any atom is -0.475 e. The van der Waals surface area contributed by atoms with Crippen molar-refractivity contribution in [3.63, 3.8) is 0 Å². The normalized spacial score (nSPS) is 18.9. The predicted octanol–water partition coefficient (Wildman–Crippen LogP) is 2.93. The third-order valence-electron chi connectivity index (χ3n) is 3.91. The Morgan fingerprint density at radius 3 is 2.00 bits per heavy atom. The number of benzene rings is 1. The first-order valence-electron chi connectivity index (χ1n) is 6.50. The third kappa shape index (κ3) is 2.30. The van der Waals surface area contributed by atoms with Gasteiger partial charge < -0.3 is 5.11 Å². The molecule has 0 spiro atoms. The van der Waals surface area contributed by atoms with Gasteiger partial charge in [-0.05, 0) is 18.4 Å². The lowest BCUT2D eigenvalue weighted by Gasteiger charge is -2.30. The molecule has 96 valence electrons. The quantitative estimate of drug-likeness (QED) is 0.659. The van der Waals surface area contributed by atoms with Crippen molar-refractivity contribution in [2.24, 2.45) is 0 Å². The van der Waals surface area contributed by atoms with Gasteiger partial charge in [-0.1, -0.05) is 56.0 Å². The average Bonchev–Trinajstić information content (AvgIpc) is 2.65. The molecule has 2 rings (SSSR count). The maximum atomic E-state index is 12.2. The molecule has 0 aromatic heterocycles. The van der Waals surface area contributed by atoms with Crippen LogP contribution in [0.15, 0.2) is 30.3 Å². The number of carbonyl (C=O) groups excluding carboxylic acids is 1. The summed E-state index contributed by atoms with van der Waals surface area (Å²) in [6.07, 6.45) is 5.33. The van der Waals surface area contributed by atoms with E-state index in [4.69, 9.17) is 5.11 Å². The standard InChI is InChI=1S/C15H18O3/c16-13(14(17)18)15(10-6-1-2-7-11-15)12-8-4-3-5-9-12/h3-5,8-9H,1-2,6-7,10-11H2,(H,17,18). The van der Waals surface area contributed by atoms with E-state index in [9.17, 15) is 9.59 Å². The summed E-state index contributed by atoms with van der Waals surface area (Å²) in [5.74, 6) is -1.95. The van der Waals surface area contributed by atoms with E-state index in [-0.39, 0.29) is 0 Å². The number of hydrogen-bond acceptors (Lipinski definition) is 2. The van der Waals surface area contributed by atoms with Gasteiger partial charge in [0.25, 0.3) is 0 Å². The van der Waals surface area contributed by atoms with E-state index in [0.717, 1.165) is 31.2 Å². The van der Waals surface area contributed by atoms with E-state index in [2.05, 4.69) is 0 Å². The molecule has 0 radical (unpaired) electrons. The first kappa shape index (κ1) is 12.8. The molecule has 1 fully saturated rings. The Balaban J connectivity index is 2.45. The predicted molar refractivity (Wildman–Crippen MR) is 68.5 cm³/mol. The van der Waals surface area contributed by atoms with Crippen molar-refractivity contribution in [1.29, 1.82) is 0 Å². The van der Waals surface area contributed by atoms with Crippen LogP contribution in [0.2, 0.25) is 0 Å². The molecule has 0 unspecified atom stereocenters. The largest absolute Gasteiger partial charge is 0.475 e. The summed E-state index contributed by atoms with van der Waals surface area (Å²) in [6, 6.07) is 9.39. The summed E-state index contributed by atoms with van der Waals surface area (Å²) < 4.78 is 0. The van der Waals surface area contributed by atoms with Gasteiger partial charge in [-0.2, -0.15) is 0 Å². The van der Waals surface area contributed by atoms with Gasteiger partial charge in [0.05, 0.1) is 5.41 Å². The highest BCUT2D eigenvalue weighted by Gasteiger charge is 2.43. The second-order valence-corrected chi connectivity index (χ2v) is 5.00. The zero-order valence-corrected chi connectivity index (χ0v) is 10.4. The topological polar surface area (TPSA) is 54.4 Å². The van der Waals surface area contributed by atoms with Crippen molar-refractivity contribution in [2.75, 3.05) is 0 Å². The van der Waals surface area contributed by atoms with Crippen molar-refractivity contribution in [1.82, 2.24) is 0 Å². The molecule has 1 saturated carbocycles. The van der Waals surface area contributed by atoms with E-state index in [1.807, 2.05) is 30.3 Å². The highest BCUT2D eigenvalue weighted by molar-refractivity contribution is 6.36. The second-order valence-electron chi connectivity index (χ2n) is 5.00.